The number of hydrogen-bond donors (Lipinski definition) is 2. The van der Waals surface area contributed by atoms with Gasteiger partial charge in [0.2, 0.25) is 0 Å². The highest BCUT2D eigenvalue weighted by Gasteiger charge is 2.14. The van der Waals surface area contributed by atoms with Gasteiger partial charge in [-0.2, -0.15) is 4.99 Å². The van der Waals surface area contributed by atoms with Crippen molar-refractivity contribution in [1.29, 1.82) is 0 Å². The van der Waals surface area contributed by atoms with Gasteiger partial charge in [0, 0.05) is 23.5 Å². The number of aryl methyl sites for hydroxylation is 2. The summed E-state index contributed by atoms with van der Waals surface area (Å²) >= 11 is 0. The Morgan fingerprint density at radius 2 is 1.96 bits per heavy atom. The molecule has 0 bridgehead atoms. The number of halogens is 1. The van der Waals surface area contributed by atoms with Crippen LogP contribution in [0.25, 0.3) is 16.6 Å². The molecule has 4 N–H and O–H groups in total. The maximum atomic E-state index is 13.7. The van der Waals surface area contributed by atoms with Crippen molar-refractivity contribution in [2.45, 2.75) is 13.8 Å². The molecule has 3 aromatic rings. The number of guanidine groups is 1. The van der Waals surface area contributed by atoms with Crippen LogP contribution in [0.1, 0.15) is 21.6 Å². The zero-order chi connectivity index (χ0) is 17.4. The minimum absolute atomic E-state index is 0.292. The lowest BCUT2D eigenvalue weighted by Gasteiger charge is -2.09. The number of benzene rings is 1. The van der Waals surface area contributed by atoms with Crippen molar-refractivity contribution in [2.75, 3.05) is 0 Å². The number of nitrogens with two attached hydrogens (primary N) is 2. The quantitative estimate of drug-likeness (QED) is 0.557. The fraction of sp³-hybridized carbons (Fsp3) is 0.118. The Balaban J connectivity index is 2.20. The first-order valence-electron chi connectivity index (χ1n) is 7.25. The van der Waals surface area contributed by atoms with E-state index in [-0.39, 0.29) is 11.8 Å². The molecule has 0 fully saturated rings. The Kier molecular flexibility index (Phi) is 3.76. The van der Waals surface area contributed by atoms with Crippen molar-refractivity contribution in [1.82, 2.24) is 9.55 Å². The maximum absolute atomic E-state index is 13.7. The minimum Gasteiger partial charge on any atom is -0.370 e. The lowest BCUT2D eigenvalue weighted by atomic mass is 10.1. The first kappa shape index (κ1) is 15.7. The normalized spacial score (nSPS) is 10.8. The smallest absolute Gasteiger partial charge is 0.281 e. The Morgan fingerprint density at radius 3 is 2.67 bits per heavy atom. The van der Waals surface area contributed by atoms with Crippen molar-refractivity contribution < 1.29 is 9.18 Å². The van der Waals surface area contributed by atoms with Crippen LogP contribution in [0, 0.1) is 19.7 Å². The zero-order valence-electron chi connectivity index (χ0n) is 13.2. The molecule has 24 heavy (non-hydrogen) atoms. The second kappa shape index (κ2) is 5.77. The monoisotopic (exact) mass is 325 g/mol. The summed E-state index contributed by atoms with van der Waals surface area (Å²) in [4.78, 5) is 20.0. The molecule has 0 saturated carbocycles. The van der Waals surface area contributed by atoms with E-state index in [0.717, 1.165) is 11.4 Å². The topological polar surface area (TPSA) is 99.3 Å². The molecule has 0 spiro atoms. The largest absolute Gasteiger partial charge is 0.370 e. The van der Waals surface area contributed by atoms with Crippen LogP contribution >= 0.6 is 0 Å². The number of aromatic nitrogens is 2. The average Bonchev–Trinajstić information content (AvgIpc) is 2.88. The lowest BCUT2D eigenvalue weighted by molar-refractivity contribution is 0.100. The van der Waals surface area contributed by atoms with E-state index in [1.165, 1.54) is 12.1 Å². The van der Waals surface area contributed by atoms with Crippen LogP contribution in [-0.2, 0) is 0 Å². The molecule has 0 atom stereocenters. The fourth-order valence-electron chi connectivity index (χ4n) is 2.62. The van der Waals surface area contributed by atoms with E-state index < -0.39 is 5.91 Å². The molecule has 3 rings (SSSR count). The summed E-state index contributed by atoms with van der Waals surface area (Å²) in [7, 11) is 0. The molecule has 0 aliphatic rings. The van der Waals surface area contributed by atoms with Crippen LogP contribution < -0.4 is 11.5 Å². The van der Waals surface area contributed by atoms with Crippen molar-refractivity contribution in [3.05, 3.63) is 59.3 Å². The van der Waals surface area contributed by atoms with Gasteiger partial charge >= 0.3 is 0 Å². The second-order valence-electron chi connectivity index (χ2n) is 5.55. The summed E-state index contributed by atoms with van der Waals surface area (Å²) in [5, 5.41) is 0.649. The summed E-state index contributed by atoms with van der Waals surface area (Å²) in [6, 6.07) is 6.25. The van der Waals surface area contributed by atoms with Crippen molar-refractivity contribution in [3.8, 4) is 5.69 Å². The van der Waals surface area contributed by atoms with Gasteiger partial charge in [0.25, 0.3) is 5.91 Å². The van der Waals surface area contributed by atoms with E-state index in [9.17, 15) is 9.18 Å². The molecule has 6 nitrogen and oxygen atoms in total. The summed E-state index contributed by atoms with van der Waals surface area (Å²) in [6.07, 6.45) is 3.40. The zero-order valence-corrected chi connectivity index (χ0v) is 13.2. The van der Waals surface area contributed by atoms with E-state index in [1.807, 2.05) is 13.0 Å². The molecular formula is C17H16FN5O. The van der Waals surface area contributed by atoms with Crippen molar-refractivity contribution >= 4 is 22.8 Å². The van der Waals surface area contributed by atoms with E-state index in [0.29, 0.717) is 22.0 Å². The van der Waals surface area contributed by atoms with Crippen LogP contribution in [-0.4, -0.2) is 21.4 Å². The molecule has 7 heteroatoms. The van der Waals surface area contributed by atoms with Gasteiger partial charge in [0.1, 0.15) is 5.82 Å². The highest BCUT2D eigenvalue weighted by atomic mass is 19.1. The summed E-state index contributed by atoms with van der Waals surface area (Å²) < 4.78 is 15.4. The van der Waals surface area contributed by atoms with Crippen LogP contribution in [0.3, 0.4) is 0 Å². The third-order valence-corrected chi connectivity index (χ3v) is 3.64. The number of aliphatic imine (C=N–C) groups is 1. The SMILES string of the molecule is Cc1cc(-n2cc(C)c(C(=O)N=C(N)N)c2)c2cc(F)ccc2n1. The number of hydrogen-bond acceptors (Lipinski definition) is 2. The number of carbonyl (C=O) groups is 1. The van der Waals surface area contributed by atoms with E-state index in [4.69, 9.17) is 11.5 Å². The standard InChI is InChI=1S/C17H16FN5O/c1-9-7-23(8-13(9)16(24)22-17(19)20)15-5-10(2)21-14-4-3-11(18)6-12(14)15/h3-8H,1-2H3,(H4,19,20,22,24). The van der Waals surface area contributed by atoms with Gasteiger partial charge in [-0.25, -0.2) is 4.39 Å². The highest BCUT2D eigenvalue weighted by Crippen LogP contribution is 2.25. The number of pyridine rings is 1. The molecule has 0 radical (unpaired) electrons. The third-order valence-electron chi connectivity index (χ3n) is 3.64. The molecule has 1 amide bonds. The number of fused-ring (bicyclic) bond motifs is 1. The molecule has 2 heterocycles. The van der Waals surface area contributed by atoms with Gasteiger partial charge in [0.05, 0.1) is 16.8 Å². The summed E-state index contributed by atoms with van der Waals surface area (Å²) in [6.45, 7) is 3.64. The average molecular weight is 325 g/mol. The predicted octanol–water partition coefficient (Wildman–Crippen LogP) is 2.20. The summed E-state index contributed by atoms with van der Waals surface area (Å²) in [5.74, 6) is -1.16. The minimum atomic E-state index is -0.521. The molecule has 0 saturated heterocycles. The Bertz CT molecular complexity index is 986. The van der Waals surface area contributed by atoms with Gasteiger partial charge in [-0.05, 0) is 43.7 Å². The van der Waals surface area contributed by atoms with E-state index >= 15 is 0 Å². The van der Waals surface area contributed by atoms with Crippen LogP contribution in [0.2, 0.25) is 0 Å². The molecule has 2 aromatic heterocycles. The second-order valence-corrected chi connectivity index (χ2v) is 5.55. The van der Waals surface area contributed by atoms with E-state index in [2.05, 4.69) is 9.98 Å². The number of amides is 1. The molecule has 1 aromatic carbocycles. The Morgan fingerprint density at radius 1 is 1.21 bits per heavy atom. The Hall–Kier alpha value is -3.22. The van der Waals surface area contributed by atoms with Crippen LogP contribution in [0.5, 0.6) is 0 Å². The number of carbonyl (C=O) groups excluding carboxylic acids is 1. The first-order chi connectivity index (χ1) is 11.3. The van der Waals surface area contributed by atoms with Gasteiger partial charge in [-0.15, -0.1) is 0 Å². The molecular weight excluding hydrogens is 309 g/mol. The molecule has 0 aliphatic heterocycles. The van der Waals surface area contributed by atoms with Gasteiger partial charge in [0.15, 0.2) is 5.96 Å². The third kappa shape index (κ3) is 2.83. The van der Waals surface area contributed by atoms with Crippen molar-refractivity contribution in [3.63, 3.8) is 0 Å². The van der Waals surface area contributed by atoms with Crippen LogP contribution in [0.15, 0.2) is 41.7 Å². The summed E-state index contributed by atoms with van der Waals surface area (Å²) in [5.41, 5.74) is 13.8. The van der Waals surface area contributed by atoms with Crippen molar-refractivity contribution in [2.24, 2.45) is 16.5 Å². The first-order valence-corrected chi connectivity index (χ1v) is 7.25. The molecule has 0 aliphatic carbocycles. The van der Waals surface area contributed by atoms with Gasteiger partial charge in [-0.3, -0.25) is 9.78 Å². The van der Waals surface area contributed by atoms with Crippen LogP contribution in [0.4, 0.5) is 4.39 Å². The molecule has 122 valence electrons. The lowest BCUT2D eigenvalue weighted by Crippen LogP contribution is -2.24. The van der Waals surface area contributed by atoms with Gasteiger partial charge < -0.3 is 16.0 Å². The van der Waals surface area contributed by atoms with E-state index in [1.54, 1.807) is 30.0 Å². The predicted molar refractivity (Wildman–Crippen MR) is 90.6 cm³/mol. The van der Waals surface area contributed by atoms with Gasteiger partial charge in [-0.1, -0.05) is 0 Å². The fourth-order valence-corrected chi connectivity index (χ4v) is 2.62. The highest BCUT2D eigenvalue weighted by molar-refractivity contribution is 6.03. The molecule has 0 unspecified atom stereocenters. The number of nitrogens with zero attached hydrogens (tertiary/aromatic N) is 3. The maximum Gasteiger partial charge on any atom is 0.281 e. The number of rotatable bonds is 2. The Labute approximate surface area is 137 Å².